The SMILES string of the molecule is COc1ccc(C(OC[C@H]2O[C@@H](n3cc(C)c(=O)[nH]c3=O)CC2O[PH](=O)OCC(C#N)N(C(C)C)C(C)C)(c2ccc(CCC(=O)ON3C(=O)CCC3=O)cc2)c2ccc(OC)cc2)cc1. The fourth-order valence-corrected chi connectivity index (χ4v) is 9.18. The molecule has 2 aliphatic rings. The summed E-state index contributed by atoms with van der Waals surface area (Å²) in [5.41, 5.74) is 0.348. The summed E-state index contributed by atoms with van der Waals surface area (Å²) in [6, 6.07) is 23.5. The number of amides is 2. The molecule has 1 N–H and O–H groups in total. The number of benzene rings is 3. The molecule has 2 saturated heterocycles. The van der Waals surface area contributed by atoms with Crippen molar-refractivity contribution in [3.8, 4) is 17.6 Å². The molecule has 0 spiro atoms. The Labute approximate surface area is 383 Å². The summed E-state index contributed by atoms with van der Waals surface area (Å²) < 4.78 is 51.5. The molecule has 6 rings (SSSR count). The van der Waals surface area contributed by atoms with Crippen LogP contribution >= 0.6 is 8.25 Å². The summed E-state index contributed by atoms with van der Waals surface area (Å²) >= 11 is 0. The third-order valence-corrected chi connectivity index (χ3v) is 12.5. The summed E-state index contributed by atoms with van der Waals surface area (Å²) in [4.78, 5) is 71.5. The van der Waals surface area contributed by atoms with E-state index in [-0.39, 0.29) is 63.0 Å². The number of nitriles is 1. The minimum Gasteiger partial charge on any atom is -0.497 e. The van der Waals surface area contributed by atoms with Gasteiger partial charge in [0, 0.05) is 43.1 Å². The average molecular weight is 930 g/mol. The lowest BCUT2D eigenvalue weighted by molar-refractivity contribution is -0.197. The standard InChI is InChI=1S/C47H56N5O13P/c1-29(2)51(30(3)4)36(25-48)27-62-66(58)65-39-24-43(50-26-31(5)45(56)49-46(50)57)63-40(39)28-61-47(34-13-17-37(59-6)18-14-34,35-15-19-38(60-7)20-16-35)33-11-8-32(9-12-33)10-23-44(55)64-52-41(53)21-22-42(52)54/h8-9,11-20,26,29-30,36,39-40,43,66H,10,21-24,27-28H2,1-7H3,(H,49,56,57)/t36?,39?,40-,43-/m1/s1. The van der Waals surface area contributed by atoms with Crippen LogP contribution in [0.1, 0.15) is 87.4 Å². The molecule has 0 saturated carbocycles. The third kappa shape index (κ3) is 11.4. The van der Waals surface area contributed by atoms with E-state index < -0.39 is 67.4 Å². The molecule has 18 nitrogen and oxygen atoms in total. The van der Waals surface area contributed by atoms with Crippen LogP contribution in [0.2, 0.25) is 0 Å². The van der Waals surface area contributed by atoms with E-state index in [1.165, 1.54) is 10.8 Å². The molecule has 3 heterocycles. The first kappa shape index (κ1) is 49.5. The topological polar surface area (TPSA) is 218 Å². The van der Waals surface area contributed by atoms with E-state index in [0.717, 1.165) is 5.56 Å². The minimum absolute atomic E-state index is 0.00326. The zero-order valence-electron chi connectivity index (χ0n) is 38.0. The Morgan fingerprint density at radius 3 is 1.95 bits per heavy atom. The fourth-order valence-electron chi connectivity index (χ4n) is 8.32. The van der Waals surface area contributed by atoms with E-state index in [9.17, 15) is 33.8 Å². The first-order valence-electron chi connectivity index (χ1n) is 21.6. The van der Waals surface area contributed by atoms with Gasteiger partial charge in [0.2, 0.25) is 0 Å². The van der Waals surface area contributed by atoms with Crippen LogP contribution in [0.3, 0.4) is 0 Å². The van der Waals surface area contributed by atoms with E-state index in [2.05, 4.69) is 11.1 Å². The highest BCUT2D eigenvalue weighted by atomic mass is 31.1. The monoisotopic (exact) mass is 929 g/mol. The molecule has 19 heteroatoms. The molecule has 2 aliphatic heterocycles. The van der Waals surface area contributed by atoms with Gasteiger partial charge in [0.1, 0.15) is 35.5 Å². The van der Waals surface area contributed by atoms with Crippen LogP contribution in [0, 0.1) is 18.3 Å². The number of H-pyrrole nitrogens is 1. The quantitative estimate of drug-likeness (QED) is 0.0620. The summed E-state index contributed by atoms with van der Waals surface area (Å²) in [5, 5.41) is 10.5. The van der Waals surface area contributed by atoms with Crippen LogP contribution < -0.4 is 20.7 Å². The van der Waals surface area contributed by atoms with Gasteiger partial charge in [0.15, 0.2) is 0 Å². The van der Waals surface area contributed by atoms with E-state index in [1.54, 1.807) is 45.4 Å². The second kappa shape index (κ2) is 22.0. The normalized spacial score (nSPS) is 18.5. The van der Waals surface area contributed by atoms with Crippen molar-refractivity contribution in [1.82, 2.24) is 19.5 Å². The number of hydrogen-bond donors (Lipinski definition) is 1. The largest absolute Gasteiger partial charge is 0.497 e. The second-order valence-electron chi connectivity index (χ2n) is 16.5. The van der Waals surface area contributed by atoms with Crippen LogP contribution in [0.15, 0.2) is 88.6 Å². The first-order valence-corrected chi connectivity index (χ1v) is 22.9. The molecule has 1 aromatic heterocycles. The lowest BCUT2D eigenvalue weighted by Gasteiger charge is -2.37. The lowest BCUT2D eigenvalue weighted by atomic mass is 9.79. The Morgan fingerprint density at radius 2 is 1.44 bits per heavy atom. The Morgan fingerprint density at radius 1 is 0.894 bits per heavy atom. The Kier molecular flexibility index (Phi) is 16.5. The highest BCUT2D eigenvalue weighted by molar-refractivity contribution is 7.33. The molecule has 0 radical (unpaired) electrons. The van der Waals surface area contributed by atoms with Gasteiger partial charge in [-0.25, -0.2) is 9.59 Å². The highest BCUT2D eigenvalue weighted by Crippen LogP contribution is 2.44. The molecule has 3 unspecified atom stereocenters. The summed E-state index contributed by atoms with van der Waals surface area (Å²) in [5.74, 6) is -0.668. The van der Waals surface area contributed by atoms with Crippen LogP contribution in [0.25, 0.3) is 0 Å². The molecule has 0 bridgehead atoms. The number of hydrogen-bond acceptors (Lipinski definition) is 15. The number of nitrogens with zero attached hydrogens (tertiary/aromatic N) is 4. The number of hydroxylamine groups is 2. The molecular weight excluding hydrogens is 874 g/mol. The zero-order valence-corrected chi connectivity index (χ0v) is 39.0. The van der Waals surface area contributed by atoms with E-state index in [0.29, 0.717) is 33.3 Å². The third-order valence-electron chi connectivity index (χ3n) is 11.6. The fraction of sp³-hybridized carbons (Fsp3) is 0.447. The molecule has 352 valence electrons. The highest BCUT2D eigenvalue weighted by Gasteiger charge is 2.44. The molecular formula is C47H56N5O13P. The molecule has 66 heavy (non-hydrogen) atoms. The van der Waals surface area contributed by atoms with Gasteiger partial charge in [-0.3, -0.25) is 33.4 Å². The van der Waals surface area contributed by atoms with Gasteiger partial charge >= 0.3 is 19.9 Å². The van der Waals surface area contributed by atoms with Crippen molar-refractivity contribution >= 4 is 26.0 Å². The van der Waals surface area contributed by atoms with Crippen molar-refractivity contribution in [2.45, 2.75) is 109 Å². The van der Waals surface area contributed by atoms with Gasteiger partial charge in [-0.1, -0.05) is 48.5 Å². The number of nitrogens with one attached hydrogen (secondary N) is 1. The van der Waals surface area contributed by atoms with E-state index in [1.807, 2.05) is 81.1 Å². The number of imide groups is 1. The van der Waals surface area contributed by atoms with Gasteiger partial charge in [-0.2, -0.15) is 5.26 Å². The van der Waals surface area contributed by atoms with Gasteiger partial charge in [0.25, 0.3) is 17.4 Å². The molecule has 2 amide bonds. The molecule has 4 aromatic rings. The van der Waals surface area contributed by atoms with Crippen molar-refractivity contribution in [3.63, 3.8) is 0 Å². The molecule has 2 fully saturated rings. The number of ether oxygens (including phenoxy) is 4. The van der Waals surface area contributed by atoms with Crippen molar-refractivity contribution in [3.05, 3.63) is 128 Å². The summed E-state index contributed by atoms with van der Waals surface area (Å²) in [6.45, 7) is 9.01. The second-order valence-corrected chi connectivity index (χ2v) is 17.6. The number of carbonyl (C=O) groups excluding carboxylic acids is 3. The molecule has 5 atom stereocenters. The number of methoxy groups -OCH3 is 2. The van der Waals surface area contributed by atoms with Crippen LogP contribution in [0.4, 0.5) is 0 Å². The van der Waals surface area contributed by atoms with E-state index in [4.69, 9.17) is 32.8 Å². The molecule has 0 aliphatic carbocycles. The maximum absolute atomic E-state index is 13.7. The first-order chi connectivity index (χ1) is 31.6. The predicted molar refractivity (Wildman–Crippen MR) is 240 cm³/mol. The summed E-state index contributed by atoms with van der Waals surface area (Å²) in [6.07, 6.45) is -1.41. The number of rotatable bonds is 21. The minimum atomic E-state index is -3.28. The molecule has 3 aromatic carbocycles. The predicted octanol–water partition coefficient (Wildman–Crippen LogP) is 5.50. The maximum atomic E-state index is 13.7. The number of aromatic nitrogens is 2. The van der Waals surface area contributed by atoms with Crippen molar-refractivity contribution in [2.75, 3.05) is 27.4 Å². The smallest absolute Gasteiger partial charge is 0.333 e. The van der Waals surface area contributed by atoms with Crippen molar-refractivity contribution < 1.29 is 51.8 Å². The van der Waals surface area contributed by atoms with Crippen molar-refractivity contribution in [1.29, 1.82) is 5.26 Å². The number of aromatic amines is 1. The van der Waals surface area contributed by atoms with Gasteiger partial charge in [-0.15, -0.1) is 5.06 Å². The van der Waals surface area contributed by atoms with Crippen molar-refractivity contribution in [2.24, 2.45) is 0 Å². The Hall–Kier alpha value is -5.93. The Bertz CT molecular complexity index is 2450. The maximum Gasteiger partial charge on any atom is 0.333 e. The van der Waals surface area contributed by atoms with Gasteiger partial charge < -0.3 is 32.8 Å². The van der Waals surface area contributed by atoms with Gasteiger partial charge in [-0.05, 0) is 87.6 Å². The number of aryl methyl sites for hydroxylation is 2. The average Bonchev–Trinajstić information content (AvgIpc) is 3.85. The van der Waals surface area contributed by atoms with Crippen LogP contribution in [-0.4, -0.2) is 95.1 Å². The van der Waals surface area contributed by atoms with E-state index >= 15 is 0 Å². The lowest BCUT2D eigenvalue weighted by Crippen LogP contribution is -2.46. The zero-order chi connectivity index (χ0) is 47.7. The Balaban J connectivity index is 1.34. The van der Waals surface area contributed by atoms with Crippen LogP contribution in [0.5, 0.6) is 11.5 Å². The summed E-state index contributed by atoms with van der Waals surface area (Å²) in [7, 11) is -0.166. The van der Waals surface area contributed by atoms with Gasteiger partial charge in [0.05, 0.1) is 46.0 Å². The number of carbonyl (C=O) groups is 3. The van der Waals surface area contributed by atoms with Crippen LogP contribution in [-0.2, 0) is 54.3 Å².